The van der Waals surface area contributed by atoms with Crippen LogP contribution in [0.25, 0.3) is 0 Å². The number of nitrogens with zero attached hydrogens (tertiary/aromatic N) is 3. The van der Waals surface area contributed by atoms with E-state index in [1.807, 2.05) is 6.92 Å². The highest BCUT2D eigenvalue weighted by molar-refractivity contribution is 6.00. The van der Waals surface area contributed by atoms with E-state index in [0.29, 0.717) is 17.1 Å². The molecular weight excluding hydrogens is 336 g/mol. The first-order chi connectivity index (χ1) is 12.4. The summed E-state index contributed by atoms with van der Waals surface area (Å²) in [5.41, 5.74) is 4.16. The monoisotopic (exact) mass is 354 g/mol. The van der Waals surface area contributed by atoms with Crippen molar-refractivity contribution in [3.05, 3.63) is 23.8 Å². The lowest BCUT2D eigenvalue weighted by molar-refractivity contribution is -0.193. The normalized spacial score (nSPS) is 39.7. The van der Waals surface area contributed by atoms with Crippen LogP contribution in [0.1, 0.15) is 18.4 Å². The number of fused-ring (bicyclic) bond motifs is 2. The van der Waals surface area contributed by atoms with Crippen molar-refractivity contribution in [2.45, 2.75) is 24.9 Å². The second kappa shape index (κ2) is 5.10. The molecule has 2 N–H and O–H groups in total. The first-order valence-electron chi connectivity index (χ1n) is 8.17. The van der Waals surface area contributed by atoms with E-state index >= 15 is 0 Å². The topological polar surface area (TPSA) is 123 Å². The Labute approximate surface area is 150 Å². The fourth-order valence-electron chi connectivity index (χ4n) is 4.36. The van der Waals surface area contributed by atoms with Gasteiger partial charge in [0.05, 0.1) is 39.1 Å². The molecule has 0 amide bonds. The molecule has 8 heteroatoms. The minimum Gasteiger partial charge on any atom is -0.497 e. The van der Waals surface area contributed by atoms with Crippen LogP contribution < -0.4 is 15.2 Å². The van der Waals surface area contributed by atoms with Crippen LogP contribution in [0.4, 0.5) is 0 Å². The number of ether oxygens (including phenoxy) is 4. The van der Waals surface area contributed by atoms with Crippen LogP contribution in [-0.2, 0) is 9.47 Å². The number of amidine groups is 1. The van der Waals surface area contributed by atoms with Crippen molar-refractivity contribution in [1.82, 2.24) is 0 Å². The second-order valence-electron chi connectivity index (χ2n) is 6.74. The Balaban J connectivity index is 1.91. The molecule has 8 nitrogen and oxygen atoms in total. The SMILES string of the molecule is COc1cc(OC)cc(C2C3(C#N)C(N)=NC4(OCC(C)O4)C23C#N)c1. The first-order valence-corrected chi connectivity index (χ1v) is 8.17. The van der Waals surface area contributed by atoms with Gasteiger partial charge in [0.2, 0.25) is 0 Å². The van der Waals surface area contributed by atoms with E-state index in [0.717, 1.165) is 0 Å². The largest absolute Gasteiger partial charge is 0.497 e. The highest BCUT2D eigenvalue weighted by atomic mass is 16.8. The smallest absolute Gasteiger partial charge is 0.293 e. The van der Waals surface area contributed by atoms with E-state index in [1.54, 1.807) is 18.2 Å². The molecule has 0 radical (unpaired) electrons. The van der Waals surface area contributed by atoms with Gasteiger partial charge in [0.15, 0.2) is 5.41 Å². The van der Waals surface area contributed by atoms with Gasteiger partial charge < -0.3 is 24.7 Å². The lowest BCUT2D eigenvalue weighted by Gasteiger charge is -2.26. The van der Waals surface area contributed by atoms with Gasteiger partial charge in [0.25, 0.3) is 5.91 Å². The third-order valence-electron chi connectivity index (χ3n) is 5.51. The van der Waals surface area contributed by atoms with Gasteiger partial charge in [-0.05, 0) is 24.6 Å². The number of hydrogen-bond acceptors (Lipinski definition) is 8. The number of rotatable bonds is 3. The molecule has 0 aromatic heterocycles. The lowest BCUT2D eigenvalue weighted by atomic mass is 9.93. The average Bonchev–Trinajstić information content (AvgIpc) is 3.05. The molecule has 4 rings (SSSR count). The van der Waals surface area contributed by atoms with Crippen LogP contribution in [0.15, 0.2) is 23.2 Å². The van der Waals surface area contributed by atoms with Crippen molar-refractivity contribution in [3.63, 3.8) is 0 Å². The number of nitriles is 2. The average molecular weight is 354 g/mol. The van der Waals surface area contributed by atoms with Gasteiger partial charge in [0, 0.05) is 12.0 Å². The maximum absolute atomic E-state index is 10.1. The number of nitrogens with two attached hydrogens (primary N) is 1. The zero-order valence-corrected chi connectivity index (χ0v) is 14.6. The molecule has 1 aromatic rings. The van der Waals surface area contributed by atoms with E-state index in [-0.39, 0.29) is 18.5 Å². The summed E-state index contributed by atoms with van der Waals surface area (Å²) in [5.74, 6) is -0.977. The van der Waals surface area contributed by atoms with E-state index in [1.165, 1.54) is 14.2 Å². The van der Waals surface area contributed by atoms with Crippen LogP contribution in [-0.4, -0.2) is 38.7 Å². The number of aliphatic imine (C=N–C) groups is 1. The molecule has 3 aliphatic rings. The van der Waals surface area contributed by atoms with Gasteiger partial charge in [-0.3, -0.25) is 0 Å². The number of benzene rings is 1. The van der Waals surface area contributed by atoms with Crippen molar-refractivity contribution in [1.29, 1.82) is 10.5 Å². The first kappa shape index (κ1) is 16.6. The third kappa shape index (κ3) is 1.61. The molecule has 5 unspecified atom stereocenters. The molecule has 1 saturated heterocycles. The van der Waals surface area contributed by atoms with Crippen LogP contribution in [0.2, 0.25) is 0 Å². The van der Waals surface area contributed by atoms with E-state index in [4.69, 9.17) is 24.7 Å². The zero-order valence-electron chi connectivity index (χ0n) is 14.6. The molecule has 2 fully saturated rings. The van der Waals surface area contributed by atoms with Crippen molar-refractivity contribution in [3.8, 4) is 23.6 Å². The summed E-state index contributed by atoms with van der Waals surface area (Å²) in [6, 6.07) is 9.74. The Morgan fingerprint density at radius 2 is 1.85 bits per heavy atom. The van der Waals surface area contributed by atoms with Gasteiger partial charge >= 0.3 is 0 Å². The molecular formula is C18H18N4O4. The summed E-state index contributed by atoms with van der Waals surface area (Å²) >= 11 is 0. The maximum Gasteiger partial charge on any atom is 0.293 e. The molecule has 134 valence electrons. The molecule has 1 aromatic carbocycles. The van der Waals surface area contributed by atoms with Gasteiger partial charge in [-0.15, -0.1) is 0 Å². The molecule has 1 aliphatic carbocycles. The Hall–Kier alpha value is -2.81. The summed E-state index contributed by atoms with van der Waals surface area (Å²) in [7, 11) is 3.07. The summed E-state index contributed by atoms with van der Waals surface area (Å²) < 4.78 is 22.3. The molecule has 2 aliphatic heterocycles. The van der Waals surface area contributed by atoms with Crippen molar-refractivity contribution < 1.29 is 18.9 Å². The molecule has 5 atom stereocenters. The quantitative estimate of drug-likeness (QED) is 0.867. The second-order valence-corrected chi connectivity index (χ2v) is 6.74. The molecule has 1 saturated carbocycles. The van der Waals surface area contributed by atoms with Crippen LogP contribution in [0.5, 0.6) is 11.5 Å². The predicted octanol–water partition coefficient (Wildman–Crippen LogP) is 1.28. The number of methoxy groups -OCH3 is 2. The fourth-order valence-corrected chi connectivity index (χ4v) is 4.36. The predicted molar refractivity (Wildman–Crippen MR) is 89.2 cm³/mol. The third-order valence-corrected chi connectivity index (χ3v) is 5.51. The summed E-state index contributed by atoms with van der Waals surface area (Å²) in [6.07, 6.45) is -0.257. The molecule has 0 bridgehead atoms. The van der Waals surface area contributed by atoms with E-state index < -0.39 is 22.7 Å². The Morgan fingerprint density at radius 3 is 2.31 bits per heavy atom. The standard InChI is InChI=1S/C18H18N4O4/c1-10-7-25-18(26-10)17(9-20)14(16(17,8-19)15(21)22-18)11-4-12(23-2)6-13(5-11)24-3/h4-6,10,14H,7H2,1-3H3,(H2,21,22). The summed E-state index contributed by atoms with van der Waals surface area (Å²) in [6.45, 7) is 2.10. The Kier molecular flexibility index (Phi) is 3.27. The van der Waals surface area contributed by atoms with Crippen molar-refractivity contribution in [2.75, 3.05) is 20.8 Å². The Morgan fingerprint density at radius 1 is 1.19 bits per heavy atom. The minimum atomic E-state index is -1.57. The Bertz CT molecular complexity index is 881. The van der Waals surface area contributed by atoms with Crippen molar-refractivity contribution in [2.24, 2.45) is 21.6 Å². The summed E-state index contributed by atoms with van der Waals surface area (Å²) in [5, 5.41) is 20.1. The maximum atomic E-state index is 10.1. The van der Waals surface area contributed by atoms with Gasteiger partial charge in [-0.25, -0.2) is 4.99 Å². The fraction of sp³-hybridized carbons (Fsp3) is 0.500. The summed E-state index contributed by atoms with van der Waals surface area (Å²) in [4.78, 5) is 4.29. The van der Waals surface area contributed by atoms with Crippen molar-refractivity contribution >= 4 is 5.84 Å². The molecule has 1 spiro atoms. The highest BCUT2D eigenvalue weighted by Gasteiger charge is 2.94. The molecule has 26 heavy (non-hydrogen) atoms. The van der Waals surface area contributed by atoms with Crippen LogP contribution >= 0.6 is 0 Å². The van der Waals surface area contributed by atoms with Crippen LogP contribution in [0, 0.1) is 33.5 Å². The number of hydrogen-bond donors (Lipinski definition) is 1. The van der Waals surface area contributed by atoms with E-state index in [2.05, 4.69) is 17.1 Å². The molecule has 2 heterocycles. The zero-order chi connectivity index (χ0) is 18.7. The van der Waals surface area contributed by atoms with Gasteiger partial charge in [-0.1, -0.05) is 0 Å². The highest BCUT2D eigenvalue weighted by Crippen LogP contribution is 2.82. The van der Waals surface area contributed by atoms with Gasteiger partial charge in [0.1, 0.15) is 22.7 Å². The van der Waals surface area contributed by atoms with Gasteiger partial charge in [-0.2, -0.15) is 10.5 Å². The van der Waals surface area contributed by atoms with E-state index in [9.17, 15) is 10.5 Å². The van der Waals surface area contributed by atoms with Crippen LogP contribution in [0.3, 0.4) is 0 Å². The lowest BCUT2D eigenvalue weighted by Crippen LogP contribution is -2.39. The minimum absolute atomic E-state index is 0.0578.